The van der Waals surface area contributed by atoms with Crippen LogP contribution in [-0.4, -0.2) is 16.2 Å². The molecule has 0 bridgehead atoms. The summed E-state index contributed by atoms with van der Waals surface area (Å²) in [7, 11) is 0.834. The van der Waals surface area contributed by atoms with Crippen LogP contribution in [0.3, 0.4) is 0 Å². The fourth-order valence-corrected chi connectivity index (χ4v) is 3.36. The summed E-state index contributed by atoms with van der Waals surface area (Å²) in [5.74, 6) is 0. The zero-order chi connectivity index (χ0) is 9.68. The van der Waals surface area contributed by atoms with E-state index < -0.39 is 9.04 Å². The zero-order valence-electron chi connectivity index (χ0n) is 8.66. The van der Waals surface area contributed by atoms with Crippen molar-refractivity contribution in [2.75, 3.05) is 7.11 Å². The number of rotatable bonds is 4. The summed E-state index contributed by atoms with van der Waals surface area (Å²) in [4.78, 5) is 0. The van der Waals surface area contributed by atoms with Crippen LogP contribution in [0, 0.1) is 0 Å². The van der Waals surface area contributed by atoms with Gasteiger partial charge < -0.3 is 4.43 Å². The Morgan fingerprint density at radius 1 is 1.23 bits per heavy atom. The highest BCUT2D eigenvalue weighted by molar-refractivity contribution is 6.52. The molecule has 0 spiro atoms. The molecular formula is C11H18OSi. The lowest BCUT2D eigenvalue weighted by Crippen LogP contribution is -2.23. The molecule has 1 unspecified atom stereocenters. The van der Waals surface area contributed by atoms with E-state index in [1.807, 2.05) is 7.11 Å². The van der Waals surface area contributed by atoms with Crippen molar-refractivity contribution in [1.29, 1.82) is 0 Å². The van der Waals surface area contributed by atoms with Gasteiger partial charge >= 0.3 is 0 Å². The van der Waals surface area contributed by atoms with Crippen molar-refractivity contribution >= 4 is 9.04 Å². The largest absolute Gasteiger partial charge is 0.423 e. The van der Waals surface area contributed by atoms with E-state index in [0.29, 0.717) is 5.54 Å². The summed E-state index contributed by atoms with van der Waals surface area (Å²) in [6, 6.07) is 11.8. The van der Waals surface area contributed by atoms with E-state index in [2.05, 4.69) is 44.2 Å². The van der Waals surface area contributed by atoms with E-state index >= 15 is 0 Å². The molecule has 0 aromatic heterocycles. The summed E-state index contributed by atoms with van der Waals surface area (Å²) in [6.45, 7) is 4.51. The minimum atomic E-state index is -1.01. The maximum atomic E-state index is 5.55. The Morgan fingerprint density at radius 2 is 1.85 bits per heavy atom. The van der Waals surface area contributed by atoms with E-state index in [4.69, 9.17) is 4.43 Å². The molecule has 0 fully saturated rings. The fraction of sp³-hybridized carbons (Fsp3) is 0.455. The van der Waals surface area contributed by atoms with E-state index in [1.165, 1.54) is 5.56 Å². The van der Waals surface area contributed by atoms with E-state index in [0.717, 1.165) is 6.04 Å². The van der Waals surface area contributed by atoms with Gasteiger partial charge in [-0.2, -0.15) is 0 Å². The first-order chi connectivity index (χ1) is 6.24. The number of hydrogen-bond donors (Lipinski definition) is 0. The molecule has 1 nitrogen and oxygen atoms in total. The maximum Gasteiger partial charge on any atom is 0.183 e. The molecule has 0 heterocycles. The van der Waals surface area contributed by atoms with Gasteiger partial charge in [-0.25, -0.2) is 0 Å². The van der Waals surface area contributed by atoms with Crippen LogP contribution in [0.25, 0.3) is 0 Å². The summed E-state index contributed by atoms with van der Waals surface area (Å²) in [5.41, 5.74) is 2.12. The second-order valence-corrected chi connectivity index (χ2v) is 7.00. The van der Waals surface area contributed by atoms with Gasteiger partial charge in [-0.15, -0.1) is 0 Å². The number of hydrogen-bond acceptors (Lipinski definition) is 1. The third kappa shape index (κ3) is 3.33. The van der Waals surface area contributed by atoms with Crippen molar-refractivity contribution < 1.29 is 4.43 Å². The monoisotopic (exact) mass is 194 g/mol. The van der Waals surface area contributed by atoms with Crippen LogP contribution in [0.4, 0.5) is 0 Å². The molecule has 1 aromatic rings. The lowest BCUT2D eigenvalue weighted by Gasteiger charge is -2.16. The molecule has 0 amide bonds. The van der Waals surface area contributed by atoms with Crippen molar-refractivity contribution in [3.8, 4) is 0 Å². The van der Waals surface area contributed by atoms with E-state index in [-0.39, 0.29) is 0 Å². The molecule has 0 aliphatic heterocycles. The van der Waals surface area contributed by atoms with Gasteiger partial charge in [0, 0.05) is 7.11 Å². The standard InChI is InChI=1S/C11H18OSi/c1-10(2)13(12-3)9-11-7-5-4-6-8-11/h4-8,10,13H,9H2,1-3H3. The summed E-state index contributed by atoms with van der Waals surface area (Å²) in [5, 5.41) is 0. The predicted molar refractivity (Wildman–Crippen MR) is 59.4 cm³/mol. The second kappa shape index (κ2) is 5.20. The minimum absolute atomic E-state index is 0.713. The zero-order valence-corrected chi connectivity index (χ0v) is 9.81. The molecule has 0 aliphatic carbocycles. The van der Waals surface area contributed by atoms with Crippen molar-refractivity contribution in [3.05, 3.63) is 35.9 Å². The first-order valence-electron chi connectivity index (χ1n) is 4.80. The topological polar surface area (TPSA) is 9.23 Å². The normalized spacial score (nSPS) is 13.2. The number of benzene rings is 1. The van der Waals surface area contributed by atoms with Gasteiger partial charge in [0.15, 0.2) is 9.04 Å². The third-order valence-electron chi connectivity index (χ3n) is 2.33. The summed E-state index contributed by atoms with van der Waals surface area (Å²) in [6.07, 6.45) is 0. The van der Waals surface area contributed by atoms with Crippen molar-refractivity contribution in [2.45, 2.75) is 25.4 Å². The predicted octanol–water partition coefficient (Wildman–Crippen LogP) is 2.55. The van der Waals surface area contributed by atoms with Gasteiger partial charge in [0.25, 0.3) is 0 Å². The van der Waals surface area contributed by atoms with Crippen LogP contribution < -0.4 is 0 Å². The smallest absolute Gasteiger partial charge is 0.183 e. The Hall–Kier alpha value is -0.603. The molecule has 1 atom stereocenters. The molecule has 13 heavy (non-hydrogen) atoms. The average molecular weight is 194 g/mol. The van der Waals surface area contributed by atoms with Crippen molar-refractivity contribution in [3.63, 3.8) is 0 Å². The Labute approximate surface area is 82.5 Å². The Morgan fingerprint density at radius 3 is 2.31 bits per heavy atom. The SMILES string of the molecule is CO[SiH](Cc1ccccc1)C(C)C. The molecule has 0 N–H and O–H groups in total. The molecule has 1 rings (SSSR count). The summed E-state index contributed by atoms with van der Waals surface area (Å²) >= 11 is 0. The van der Waals surface area contributed by atoms with Crippen LogP contribution in [0.5, 0.6) is 0 Å². The molecule has 0 radical (unpaired) electrons. The van der Waals surface area contributed by atoms with Crippen LogP contribution in [-0.2, 0) is 10.5 Å². The van der Waals surface area contributed by atoms with Gasteiger partial charge in [-0.05, 0) is 17.1 Å². The van der Waals surface area contributed by atoms with Gasteiger partial charge in [0.2, 0.25) is 0 Å². The first-order valence-corrected chi connectivity index (χ1v) is 6.76. The second-order valence-electron chi connectivity index (χ2n) is 3.71. The van der Waals surface area contributed by atoms with Gasteiger partial charge in [-0.1, -0.05) is 44.2 Å². The molecule has 0 saturated carbocycles. The van der Waals surface area contributed by atoms with Crippen LogP contribution in [0.2, 0.25) is 5.54 Å². The fourth-order valence-electron chi connectivity index (χ4n) is 1.44. The van der Waals surface area contributed by atoms with E-state index in [1.54, 1.807) is 0 Å². The third-order valence-corrected chi connectivity index (χ3v) is 5.29. The Bertz CT molecular complexity index is 233. The Balaban J connectivity index is 2.57. The van der Waals surface area contributed by atoms with Gasteiger partial charge in [0.05, 0.1) is 0 Å². The highest BCUT2D eigenvalue weighted by Crippen LogP contribution is 2.13. The molecule has 72 valence electrons. The quantitative estimate of drug-likeness (QED) is 0.669. The minimum Gasteiger partial charge on any atom is -0.423 e. The van der Waals surface area contributed by atoms with Crippen molar-refractivity contribution in [1.82, 2.24) is 0 Å². The first kappa shape index (κ1) is 10.5. The summed E-state index contributed by atoms with van der Waals surface area (Å²) < 4.78 is 5.55. The highest BCUT2D eigenvalue weighted by Gasteiger charge is 2.15. The van der Waals surface area contributed by atoms with Crippen LogP contribution in [0.15, 0.2) is 30.3 Å². The van der Waals surface area contributed by atoms with Crippen LogP contribution >= 0.6 is 0 Å². The highest BCUT2D eigenvalue weighted by atomic mass is 28.3. The molecule has 1 aromatic carbocycles. The van der Waals surface area contributed by atoms with Gasteiger partial charge in [0.1, 0.15) is 0 Å². The molecular weight excluding hydrogens is 176 g/mol. The van der Waals surface area contributed by atoms with Crippen molar-refractivity contribution in [2.24, 2.45) is 0 Å². The lowest BCUT2D eigenvalue weighted by atomic mass is 10.2. The van der Waals surface area contributed by atoms with E-state index in [9.17, 15) is 0 Å². The molecule has 0 aliphatic rings. The van der Waals surface area contributed by atoms with Crippen LogP contribution in [0.1, 0.15) is 19.4 Å². The molecule has 2 heteroatoms. The van der Waals surface area contributed by atoms with Gasteiger partial charge in [-0.3, -0.25) is 0 Å². The Kier molecular flexibility index (Phi) is 4.19. The average Bonchev–Trinajstić information content (AvgIpc) is 2.15. The molecule has 0 saturated heterocycles. The maximum absolute atomic E-state index is 5.55. The lowest BCUT2D eigenvalue weighted by molar-refractivity contribution is 0.409.